The molecule has 0 bridgehead atoms. The summed E-state index contributed by atoms with van der Waals surface area (Å²) in [7, 11) is -4.15. The van der Waals surface area contributed by atoms with Crippen molar-refractivity contribution in [2.75, 3.05) is 6.61 Å². The first-order chi connectivity index (χ1) is 9.60. The summed E-state index contributed by atoms with van der Waals surface area (Å²) in [6.45, 7) is 4.80. The average Bonchev–Trinajstić information content (AvgIpc) is 2.62. The van der Waals surface area contributed by atoms with E-state index in [4.69, 9.17) is 20.5 Å². The lowest BCUT2D eigenvalue weighted by Gasteiger charge is -2.26. The van der Waals surface area contributed by atoms with Gasteiger partial charge in [-0.1, -0.05) is 23.7 Å². The van der Waals surface area contributed by atoms with Crippen molar-refractivity contribution in [3.8, 4) is 0 Å². The number of hydrogen-bond donors (Lipinski definition) is 0. The van der Waals surface area contributed by atoms with Crippen molar-refractivity contribution in [3.05, 3.63) is 34.9 Å². The molecular weight excluding hydrogens is 318 g/mol. The summed E-state index contributed by atoms with van der Waals surface area (Å²) in [5.41, 5.74) is -0.247. The molecule has 1 heterocycles. The Morgan fingerprint density at radius 3 is 2.67 bits per heavy atom. The van der Waals surface area contributed by atoms with Gasteiger partial charge in [-0.3, -0.25) is 4.18 Å². The Kier molecular flexibility index (Phi) is 4.19. The maximum Gasteiger partial charge on any atom is 0.426 e. The lowest BCUT2D eigenvalue weighted by atomic mass is 10.1. The monoisotopic (exact) mass is 333 g/mol. The standard InChI is InChI=1S/C13H16ClNO5S/c1-13(2,3)20-12(16)15-11(8-19-21(15,17)18)9-5-4-6-10(14)7-9/h4-7,11H,8H2,1-3H3. The summed E-state index contributed by atoms with van der Waals surface area (Å²) < 4.78 is 34.4. The van der Waals surface area contributed by atoms with E-state index >= 15 is 0 Å². The number of nitrogens with zero attached hydrogens (tertiary/aromatic N) is 1. The fraction of sp³-hybridized carbons (Fsp3) is 0.462. The Bertz CT molecular complexity index is 653. The van der Waals surface area contributed by atoms with Crippen LogP contribution < -0.4 is 0 Å². The van der Waals surface area contributed by atoms with E-state index in [0.29, 0.717) is 14.9 Å². The quantitative estimate of drug-likeness (QED) is 0.790. The highest BCUT2D eigenvalue weighted by Crippen LogP contribution is 2.33. The average molecular weight is 334 g/mol. The van der Waals surface area contributed by atoms with E-state index in [1.54, 1.807) is 45.0 Å². The third-order valence-corrected chi connectivity index (χ3v) is 4.26. The molecule has 0 N–H and O–H groups in total. The van der Waals surface area contributed by atoms with Crippen LogP contribution in [0.1, 0.15) is 32.4 Å². The largest absolute Gasteiger partial charge is 0.443 e. The summed E-state index contributed by atoms with van der Waals surface area (Å²) in [6, 6.07) is 5.82. The number of rotatable bonds is 1. The molecule has 1 aliphatic heterocycles. The van der Waals surface area contributed by atoms with E-state index in [2.05, 4.69) is 0 Å². The number of hydrogen-bond acceptors (Lipinski definition) is 5. The minimum absolute atomic E-state index is 0.165. The van der Waals surface area contributed by atoms with Gasteiger partial charge in [0.2, 0.25) is 0 Å². The lowest BCUT2D eigenvalue weighted by Crippen LogP contribution is -2.39. The second kappa shape index (κ2) is 5.47. The van der Waals surface area contributed by atoms with E-state index in [1.807, 2.05) is 0 Å². The number of amides is 1. The van der Waals surface area contributed by atoms with Gasteiger partial charge in [-0.15, -0.1) is 0 Å². The van der Waals surface area contributed by atoms with Crippen LogP contribution in [-0.2, 0) is 19.2 Å². The van der Waals surface area contributed by atoms with Crippen LogP contribution in [0.3, 0.4) is 0 Å². The minimum Gasteiger partial charge on any atom is -0.443 e. The fourth-order valence-electron chi connectivity index (χ4n) is 1.90. The highest BCUT2D eigenvalue weighted by Gasteiger charge is 2.45. The Hall–Kier alpha value is -1.31. The van der Waals surface area contributed by atoms with Gasteiger partial charge in [-0.05, 0) is 38.5 Å². The molecule has 0 radical (unpaired) electrons. The second-order valence-electron chi connectivity index (χ2n) is 5.59. The summed E-state index contributed by atoms with van der Waals surface area (Å²) in [4.78, 5) is 12.2. The van der Waals surface area contributed by atoms with Crippen molar-refractivity contribution >= 4 is 28.0 Å². The van der Waals surface area contributed by atoms with E-state index in [9.17, 15) is 13.2 Å². The van der Waals surface area contributed by atoms with Gasteiger partial charge in [0.05, 0.1) is 6.61 Å². The van der Waals surface area contributed by atoms with Crippen LogP contribution in [0.15, 0.2) is 24.3 Å². The molecule has 0 aliphatic carbocycles. The molecule has 21 heavy (non-hydrogen) atoms. The molecule has 1 aromatic carbocycles. The summed E-state index contributed by atoms with van der Waals surface area (Å²) in [5, 5.41) is 0.445. The number of ether oxygens (including phenoxy) is 1. The van der Waals surface area contributed by atoms with E-state index in [-0.39, 0.29) is 6.61 Å². The summed E-state index contributed by atoms with van der Waals surface area (Å²) in [5.74, 6) is 0. The van der Waals surface area contributed by atoms with Crippen molar-refractivity contribution in [3.63, 3.8) is 0 Å². The third-order valence-electron chi connectivity index (χ3n) is 2.71. The van der Waals surface area contributed by atoms with Crippen molar-refractivity contribution < 1.29 is 22.1 Å². The Labute approximate surface area is 128 Å². The molecule has 6 nitrogen and oxygen atoms in total. The highest BCUT2D eigenvalue weighted by atomic mass is 35.5. The predicted octanol–water partition coefficient (Wildman–Crippen LogP) is 2.89. The lowest BCUT2D eigenvalue weighted by molar-refractivity contribution is 0.0356. The first-order valence-corrected chi connectivity index (χ1v) is 8.02. The first kappa shape index (κ1) is 16.1. The van der Waals surface area contributed by atoms with Crippen LogP contribution in [0.2, 0.25) is 5.02 Å². The van der Waals surface area contributed by atoms with Crippen LogP contribution in [0, 0.1) is 0 Å². The first-order valence-electron chi connectivity index (χ1n) is 6.27. The van der Waals surface area contributed by atoms with Crippen LogP contribution in [0.5, 0.6) is 0 Å². The maximum atomic E-state index is 12.2. The number of carbonyl (C=O) groups is 1. The van der Waals surface area contributed by atoms with E-state index in [1.165, 1.54) is 0 Å². The molecule has 0 spiro atoms. The van der Waals surface area contributed by atoms with Crippen LogP contribution in [-0.4, -0.2) is 31.0 Å². The second-order valence-corrected chi connectivity index (χ2v) is 7.51. The summed E-state index contributed by atoms with van der Waals surface area (Å²) >= 11 is 5.90. The summed E-state index contributed by atoms with van der Waals surface area (Å²) in [6.07, 6.45) is -0.968. The van der Waals surface area contributed by atoms with E-state index in [0.717, 1.165) is 0 Å². The molecule has 2 rings (SSSR count). The topological polar surface area (TPSA) is 72.9 Å². The minimum atomic E-state index is -4.15. The molecule has 0 saturated carbocycles. The van der Waals surface area contributed by atoms with Gasteiger partial charge < -0.3 is 4.74 Å². The number of halogens is 1. The molecule has 1 saturated heterocycles. The molecule has 0 aromatic heterocycles. The van der Waals surface area contributed by atoms with Gasteiger partial charge in [0.15, 0.2) is 0 Å². The van der Waals surface area contributed by atoms with Crippen LogP contribution in [0.4, 0.5) is 4.79 Å². The zero-order chi connectivity index (χ0) is 15.8. The Balaban J connectivity index is 2.36. The molecule has 1 fully saturated rings. The highest BCUT2D eigenvalue weighted by molar-refractivity contribution is 7.85. The molecular formula is C13H16ClNO5S. The van der Waals surface area contributed by atoms with Gasteiger partial charge in [-0.25, -0.2) is 4.79 Å². The Morgan fingerprint density at radius 2 is 2.10 bits per heavy atom. The molecule has 1 amide bonds. The third kappa shape index (κ3) is 3.66. The number of benzene rings is 1. The van der Waals surface area contributed by atoms with Gasteiger partial charge >= 0.3 is 16.4 Å². The smallest absolute Gasteiger partial charge is 0.426 e. The van der Waals surface area contributed by atoms with Gasteiger partial charge in [0.1, 0.15) is 11.6 Å². The van der Waals surface area contributed by atoms with Crippen molar-refractivity contribution in [1.29, 1.82) is 0 Å². The van der Waals surface area contributed by atoms with Gasteiger partial charge in [0.25, 0.3) is 0 Å². The number of carbonyl (C=O) groups excluding carboxylic acids is 1. The maximum absolute atomic E-state index is 12.2. The van der Waals surface area contributed by atoms with Gasteiger partial charge in [0, 0.05) is 5.02 Å². The normalized spacial score (nSPS) is 21.3. The fourth-order valence-corrected chi connectivity index (χ4v) is 3.23. The zero-order valence-electron chi connectivity index (χ0n) is 11.9. The van der Waals surface area contributed by atoms with Crippen LogP contribution in [0.25, 0.3) is 0 Å². The van der Waals surface area contributed by atoms with Crippen molar-refractivity contribution in [2.24, 2.45) is 0 Å². The zero-order valence-corrected chi connectivity index (χ0v) is 13.4. The van der Waals surface area contributed by atoms with Crippen molar-refractivity contribution in [1.82, 2.24) is 4.31 Å². The van der Waals surface area contributed by atoms with Gasteiger partial charge in [-0.2, -0.15) is 12.7 Å². The molecule has 1 unspecified atom stereocenters. The predicted molar refractivity (Wildman–Crippen MR) is 77.1 cm³/mol. The molecule has 8 heteroatoms. The molecule has 116 valence electrons. The molecule has 1 aliphatic rings. The van der Waals surface area contributed by atoms with E-state index < -0.39 is 28.0 Å². The van der Waals surface area contributed by atoms with Crippen LogP contribution >= 0.6 is 11.6 Å². The van der Waals surface area contributed by atoms with Crippen molar-refractivity contribution in [2.45, 2.75) is 32.4 Å². The Morgan fingerprint density at radius 1 is 1.43 bits per heavy atom. The molecule has 1 atom stereocenters. The molecule has 1 aromatic rings. The SMILES string of the molecule is CC(C)(C)OC(=O)N1C(c2cccc(Cl)c2)COS1(=O)=O.